The molecule has 0 bridgehead atoms. The lowest BCUT2D eigenvalue weighted by Gasteiger charge is -2.01. The van der Waals surface area contributed by atoms with Crippen LogP contribution in [-0.2, 0) is 24.7 Å². The molecular formula is C9H14N2O2. The normalized spacial score (nSPS) is 10.4. The molecule has 0 saturated carbocycles. The van der Waals surface area contributed by atoms with Crippen LogP contribution in [0.25, 0.3) is 0 Å². The van der Waals surface area contributed by atoms with Gasteiger partial charge in [0, 0.05) is 12.7 Å². The summed E-state index contributed by atoms with van der Waals surface area (Å²) in [7, 11) is 1.86. The highest BCUT2D eigenvalue weighted by Gasteiger charge is 2.11. The third-order valence-corrected chi connectivity index (χ3v) is 2.15. The van der Waals surface area contributed by atoms with Crippen molar-refractivity contribution in [3.63, 3.8) is 0 Å². The molecule has 72 valence electrons. The van der Waals surface area contributed by atoms with E-state index in [9.17, 15) is 4.79 Å². The fraction of sp³-hybridized carbons (Fsp3) is 0.556. The fourth-order valence-corrected chi connectivity index (χ4v) is 1.52. The number of carbonyl (C=O) groups is 1. The molecule has 1 heterocycles. The number of carboxylic acids is 1. The minimum absolute atomic E-state index is 0.00264. The maximum atomic E-state index is 10.5. The second-order valence-electron chi connectivity index (χ2n) is 3.04. The zero-order valence-corrected chi connectivity index (χ0v) is 8.16. The lowest BCUT2D eigenvalue weighted by atomic mass is 10.3. The van der Waals surface area contributed by atoms with Crippen LogP contribution < -0.4 is 0 Å². The Morgan fingerprint density at radius 1 is 1.62 bits per heavy atom. The van der Waals surface area contributed by atoms with E-state index in [1.807, 2.05) is 25.5 Å². The first-order valence-corrected chi connectivity index (χ1v) is 4.29. The molecule has 0 aliphatic carbocycles. The largest absolute Gasteiger partial charge is 0.481 e. The lowest BCUT2D eigenvalue weighted by molar-refractivity contribution is -0.136. The Balaban J connectivity index is 3.03. The highest BCUT2D eigenvalue weighted by molar-refractivity contribution is 5.69. The Morgan fingerprint density at radius 3 is 2.62 bits per heavy atom. The van der Waals surface area contributed by atoms with Crippen molar-refractivity contribution in [2.24, 2.45) is 7.05 Å². The molecule has 0 radical (unpaired) electrons. The molecule has 0 atom stereocenters. The zero-order chi connectivity index (χ0) is 10.0. The van der Waals surface area contributed by atoms with Gasteiger partial charge >= 0.3 is 5.97 Å². The van der Waals surface area contributed by atoms with E-state index in [0.717, 1.165) is 17.8 Å². The maximum absolute atomic E-state index is 10.5. The predicted octanol–water partition coefficient (Wildman–Crippen LogP) is 0.918. The lowest BCUT2D eigenvalue weighted by Crippen LogP contribution is -2.07. The van der Waals surface area contributed by atoms with E-state index in [1.54, 1.807) is 0 Å². The Morgan fingerprint density at radius 2 is 2.23 bits per heavy atom. The number of hydrogen-bond donors (Lipinski definition) is 1. The fourth-order valence-electron chi connectivity index (χ4n) is 1.52. The van der Waals surface area contributed by atoms with E-state index in [4.69, 9.17) is 5.11 Å². The maximum Gasteiger partial charge on any atom is 0.311 e. The van der Waals surface area contributed by atoms with Crippen LogP contribution in [-0.4, -0.2) is 20.6 Å². The zero-order valence-electron chi connectivity index (χ0n) is 8.16. The van der Waals surface area contributed by atoms with Crippen molar-refractivity contribution in [2.45, 2.75) is 26.7 Å². The van der Waals surface area contributed by atoms with Gasteiger partial charge < -0.3 is 9.67 Å². The standard InChI is InChI=1S/C9H14N2O2/c1-4-7-6(2)10-8(11(7)3)5-9(12)13/h4-5H2,1-3H3,(H,12,13). The van der Waals surface area contributed by atoms with Crippen LogP contribution in [0.2, 0.25) is 0 Å². The average molecular weight is 182 g/mol. The van der Waals surface area contributed by atoms with E-state index in [-0.39, 0.29) is 6.42 Å². The summed E-state index contributed by atoms with van der Waals surface area (Å²) in [5.74, 6) is -0.211. The molecule has 0 aromatic carbocycles. The van der Waals surface area contributed by atoms with E-state index in [0.29, 0.717) is 5.82 Å². The van der Waals surface area contributed by atoms with Crippen LogP contribution in [0, 0.1) is 6.92 Å². The summed E-state index contributed by atoms with van der Waals surface area (Å²) in [4.78, 5) is 14.7. The van der Waals surface area contributed by atoms with E-state index < -0.39 is 5.97 Å². The molecule has 4 nitrogen and oxygen atoms in total. The van der Waals surface area contributed by atoms with Gasteiger partial charge in [-0.1, -0.05) is 6.92 Å². The van der Waals surface area contributed by atoms with Crippen molar-refractivity contribution in [3.05, 3.63) is 17.2 Å². The van der Waals surface area contributed by atoms with Gasteiger partial charge in [-0.3, -0.25) is 4.79 Å². The Bertz CT molecular complexity index is 329. The highest BCUT2D eigenvalue weighted by Crippen LogP contribution is 2.10. The minimum Gasteiger partial charge on any atom is -0.481 e. The van der Waals surface area contributed by atoms with Gasteiger partial charge in [-0.25, -0.2) is 4.98 Å². The molecule has 0 aliphatic rings. The van der Waals surface area contributed by atoms with Gasteiger partial charge in [-0.15, -0.1) is 0 Å². The second-order valence-corrected chi connectivity index (χ2v) is 3.04. The van der Waals surface area contributed by atoms with Crippen molar-refractivity contribution in [3.8, 4) is 0 Å². The number of nitrogens with zero attached hydrogens (tertiary/aromatic N) is 2. The average Bonchev–Trinajstić information content (AvgIpc) is 2.26. The van der Waals surface area contributed by atoms with Crippen LogP contribution in [0.1, 0.15) is 24.1 Å². The Labute approximate surface area is 77.2 Å². The van der Waals surface area contributed by atoms with Gasteiger partial charge in [-0.2, -0.15) is 0 Å². The van der Waals surface area contributed by atoms with Crippen LogP contribution in [0.3, 0.4) is 0 Å². The van der Waals surface area contributed by atoms with Crippen molar-refractivity contribution < 1.29 is 9.90 Å². The van der Waals surface area contributed by atoms with Gasteiger partial charge in [0.1, 0.15) is 12.2 Å². The minimum atomic E-state index is -0.837. The number of aliphatic carboxylic acids is 1. The first-order valence-electron chi connectivity index (χ1n) is 4.29. The topological polar surface area (TPSA) is 55.1 Å². The number of carboxylic acid groups (broad SMARTS) is 1. The monoisotopic (exact) mass is 182 g/mol. The molecule has 0 aliphatic heterocycles. The number of aromatic nitrogens is 2. The number of hydrogen-bond acceptors (Lipinski definition) is 2. The Kier molecular flexibility index (Phi) is 2.70. The summed E-state index contributed by atoms with van der Waals surface area (Å²) in [5.41, 5.74) is 2.04. The van der Waals surface area contributed by atoms with Crippen LogP contribution in [0.5, 0.6) is 0 Å². The van der Waals surface area contributed by atoms with E-state index in [1.165, 1.54) is 0 Å². The molecule has 1 N–H and O–H groups in total. The van der Waals surface area contributed by atoms with Crippen molar-refractivity contribution >= 4 is 5.97 Å². The Hall–Kier alpha value is -1.32. The summed E-state index contributed by atoms with van der Waals surface area (Å²) < 4.78 is 1.86. The molecular weight excluding hydrogens is 168 g/mol. The third kappa shape index (κ3) is 1.88. The molecule has 1 rings (SSSR count). The van der Waals surface area contributed by atoms with Crippen LogP contribution in [0.4, 0.5) is 0 Å². The van der Waals surface area contributed by atoms with Crippen molar-refractivity contribution in [2.75, 3.05) is 0 Å². The molecule has 0 saturated heterocycles. The van der Waals surface area contributed by atoms with Gasteiger partial charge in [0.25, 0.3) is 0 Å². The summed E-state index contributed by atoms with van der Waals surface area (Å²) >= 11 is 0. The molecule has 0 unspecified atom stereocenters. The first-order chi connectivity index (χ1) is 6.06. The molecule has 1 aromatic heterocycles. The molecule has 0 amide bonds. The van der Waals surface area contributed by atoms with Gasteiger partial charge in [-0.05, 0) is 13.3 Å². The van der Waals surface area contributed by atoms with Crippen molar-refractivity contribution in [1.29, 1.82) is 0 Å². The van der Waals surface area contributed by atoms with Gasteiger partial charge in [0.2, 0.25) is 0 Å². The third-order valence-electron chi connectivity index (χ3n) is 2.15. The number of rotatable bonds is 3. The molecule has 0 fully saturated rings. The van der Waals surface area contributed by atoms with Gasteiger partial charge in [0.15, 0.2) is 0 Å². The van der Waals surface area contributed by atoms with E-state index >= 15 is 0 Å². The molecule has 13 heavy (non-hydrogen) atoms. The van der Waals surface area contributed by atoms with Gasteiger partial charge in [0.05, 0.1) is 5.69 Å². The SMILES string of the molecule is CCc1c(C)nc(CC(=O)O)n1C. The molecule has 4 heteroatoms. The summed E-state index contributed by atoms with van der Waals surface area (Å²) in [6, 6.07) is 0. The van der Waals surface area contributed by atoms with Crippen LogP contribution in [0.15, 0.2) is 0 Å². The quantitative estimate of drug-likeness (QED) is 0.756. The predicted molar refractivity (Wildman–Crippen MR) is 48.7 cm³/mol. The molecule has 0 spiro atoms. The number of aryl methyl sites for hydroxylation is 1. The highest BCUT2D eigenvalue weighted by atomic mass is 16.4. The summed E-state index contributed by atoms with van der Waals surface area (Å²) in [6.45, 7) is 3.94. The molecule has 1 aromatic rings. The smallest absolute Gasteiger partial charge is 0.311 e. The van der Waals surface area contributed by atoms with E-state index in [2.05, 4.69) is 4.98 Å². The van der Waals surface area contributed by atoms with Crippen molar-refractivity contribution in [1.82, 2.24) is 9.55 Å². The summed E-state index contributed by atoms with van der Waals surface area (Å²) in [6.07, 6.45) is 0.881. The second kappa shape index (κ2) is 3.60. The van der Waals surface area contributed by atoms with Crippen LogP contribution >= 0.6 is 0 Å². The number of imidazole rings is 1. The summed E-state index contributed by atoms with van der Waals surface area (Å²) in [5, 5.41) is 8.61. The first kappa shape index (κ1) is 9.77.